The summed E-state index contributed by atoms with van der Waals surface area (Å²) >= 11 is 5.95. The summed E-state index contributed by atoms with van der Waals surface area (Å²) in [6.45, 7) is 8.85. The van der Waals surface area contributed by atoms with Gasteiger partial charge in [-0.3, -0.25) is 9.69 Å². The van der Waals surface area contributed by atoms with Crippen molar-refractivity contribution in [1.82, 2.24) is 15.5 Å². The lowest BCUT2D eigenvalue weighted by molar-refractivity contribution is -0.135. The summed E-state index contributed by atoms with van der Waals surface area (Å²) in [6, 6.07) is 16.3. The minimum Gasteiger partial charge on any atom is -0.478 e. The predicted octanol–water partition coefficient (Wildman–Crippen LogP) is 2.51. The zero-order chi connectivity index (χ0) is 24.4. The number of ether oxygens (including phenoxy) is 2. The molecule has 8 heteroatoms. The minimum atomic E-state index is -1.13. The predicted molar refractivity (Wildman–Crippen MR) is 134 cm³/mol. The molecular weight excluding hydrogens is 454 g/mol. The van der Waals surface area contributed by atoms with Crippen LogP contribution in [-0.4, -0.2) is 79.6 Å². The summed E-state index contributed by atoms with van der Waals surface area (Å²) in [5.41, 5.74) is -0.0942. The quantitative estimate of drug-likeness (QED) is 0.397. The van der Waals surface area contributed by atoms with Crippen LogP contribution in [0.5, 0.6) is 5.75 Å². The zero-order valence-electron chi connectivity index (χ0n) is 20.0. The second-order valence-corrected chi connectivity index (χ2v) is 9.50. The molecule has 1 fully saturated rings. The van der Waals surface area contributed by atoms with E-state index < -0.39 is 17.7 Å². The largest absolute Gasteiger partial charge is 0.478 e. The van der Waals surface area contributed by atoms with Crippen LogP contribution in [0.2, 0.25) is 5.02 Å². The monoisotopic (exact) mass is 489 g/mol. The molecule has 1 saturated heterocycles. The number of rotatable bonds is 12. The molecule has 34 heavy (non-hydrogen) atoms. The highest BCUT2D eigenvalue weighted by Crippen LogP contribution is 2.21. The smallest absolute Gasteiger partial charge is 0.263 e. The van der Waals surface area contributed by atoms with Crippen LogP contribution in [0.15, 0.2) is 54.6 Å². The first-order valence-corrected chi connectivity index (χ1v) is 12.2. The number of amides is 1. The summed E-state index contributed by atoms with van der Waals surface area (Å²) in [7, 11) is 0. The van der Waals surface area contributed by atoms with Crippen LogP contribution < -0.4 is 15.4 Å². The molecule has 1 aliphatic rings. The molecule has 0 aliphatic carbocycles. The average molecular weight is 490 g/mol. The third kappa shape index (κ3) is 8.56. The van der Waals surface area contributed by atoms with Crippen molar-refractivity contribution in [3.63, 3.8) is 0 Å². The van der Waals surface area contributed by atoms with Crippen molar-refractivity contribution in [1.29, 1.82) is 0 Å². The van der Waals surface area contributed by atoms with Gasteiger partial charge < -0.3 is 25.2 Å². The van der Waals surface area contributed by atoms with Gasteiger partial charge in [0, 0.05) is 37.7 Å². The van der Waals surface area contributed by atoms with Gasteiger partial charge in [-0.05, 0) is 50.1 Å². The molecule has 0 saturated carbocycles. The maximum atomic E-state index is 13.2. The molecule has 1 amide bonds. The third-order valence-electron chi connectivity index (χ3n) is 5.87. The summed E-state index contributed by atoms with van der Waals surface area (Å²) in [5, 5.41) is 17.9. The molecule has 0 spiro atoms. The maximum Gasteiger partial charge on any atom is 0.263 e. The molecule has 2 atom stereocenters. The first kappa shape index (κ1) is 26.4. The van der Waals surface area contributed by atoms with Crippen molar-refractivity contribution in [2.45, 2.75) is 38.0 Å². The second-order valence-electron chi connectivity index (χ2n) is 9.06. The van der Waals surface area contributed by atoms with Crippen LogP contribution in [0.25, 0.3) is 0 Å². The number of halogens is 1. The van der Waals surface area contributed by atoms with E-state index >= 15 is 0 Å². The lowest BCUT2D eigenvalue weighted by atomic mass is 9.99. The number of carbonyl (C=O) groups is 1. The number of hydrogen-bond donors (Lipinski definition) is 3. The van der Waals surface area contributed by atoms with Crippen molar-refractivity contribution >= 4 is 17.5 Å². The van der Waals surface area contributed by atoms with Gasteiger partial charge in [0.25, 0.3) is 5.91 Å². The number of nitrogens with one attached hydrogen (secondary N) is 2. The summed E-state index contributed by atoms with van der Waals surface area (Å²) in [4.78, 5) is 15.5. The molecule has 2 aromatic rings. The first-order valence-electron chi connectivity index (χ1n) is 11.8. The van der Waals surface area contributed by atoms with Gasteiger partial charge in [-0.15, -0.1) is 0 Å². The van der Waals surface area contributed by atoms with Crippen LogP contribution in [-0.2, 0) is 16.0 Å². The van der Waals surface area contributed by atoms with E-state index in [1.807, 2.05) is 30.3 Å². The number of nitrogens with zero attached hydrogens (tertiary/aromatic N) is 1. The Morgan fingerprint density at radius 2 is 1.82 bits per heavy atom. The molecule has 3 rings (SSSR count). The number of aliphatic hydroxyl groups excluding tert-OH is 1. The maximum absolute atomic E-state index is 13.2. The molecule has 0 radical (unpaired) electrons. The molecule has 7 nitrogen and oxygen atoms in total. The fourth-order valence-electron chi connectivity index (χ4n) is 3.79. The van der Waals surface area contributed by atoms with Crippen LogP contribution in [0.1, 0.15) is 19.4 Å². The summed E-state index contributed by atoms with van der Waals surface area (Å²) in [6.07, 6.45) is -0.254. The van der Waals surface area contributed by atoms with E-state index in [1.165, 1.54) is 0 Å². The Bertz CT molecular complexity index is 873. The zero-order valence-corrected chi connectivity index (χ0v) is 20.8. The number of carbonyl (C=O) groups excluding carboxylic acids is 1. The van der Waals surface area contributed by atoms with Gasteiger partial charge in [0.05, 0.1) is 25.4 Å². The van der Waals surface area contributed by atoms with E-state index in [-0.39, 0.29) is 5.91 Å². The SMILES string of the molecule is CC(C)(Oc1ccc(Cl)cc1)C(=O)N[C@@H](Cc1ccccc1)[C@@H](O)CNCCN1CCOCC1. The standard InChI is InChI=1S/C26H36ClN3O4/c1-26(2,34-22-10-8-21(27)9-11-22)25(32)29-23(18-20-6-4-3-5-7-20)24(31)19-28-12-13-30-14-16-33-17-15-30/h3-11,23-24,28,31H,12-19H2,1-2H3,(H,29,32)/t23-,24-/m0/s1. The Kier molecular flexibility index (Phi) is 10.2. The molecule has 0 unspecified atom stereocenters. The fraction of sp³-hybridized carbons (Fsp3) is 0.500. The molecule has 1 aliphatic heterocycles. The number of hydrogen-bond acceptors (Lipinski definition) is 6. The number of benzene rings is 2. The van der Waals surface area contributed by atoms with Crippen molar-refractivity contribution in [2.24, 2.45) is 0 Å². The molecule has 0 aromatic heterocycles. The normalized spacial score (nSPS) is 16.6. The van der Waals surface area contributed by atoms with Gasteiger partial charge in [-0.25, -0.2) is 0 Å². The Morgan fingerprint density at radius 1 is 1.15 bits per heavy atom. The van der Waals surface area contributed by atoms with Gasteiger partial charge in [-0.1, -0.05) is 41.9 Å². The fourth-order valence-corrected chi connectivity index (χ4v) is 3.92. The van der Waals surface area contributed by atoms with E-state index in [9.17, 15) is 9.90 Å². The molecule has 0 bridgehead atoms. The van der Waals surface area contributed by atoms with E-state index in [0.717, 1.165) is 45.0 Å². The van der Waals surface area contributed by atoms with Crippen LogP contribution in [0, 0.1) is 0 Å². The average Bonchev–Trinajstić information content (AvgIpc) is 2.84. The van der Waals surface area contributed by atoms with Crippen LogP contribution >= 0.6 is 11.6 Å². The Labute approximate surface area is 207 Å². The van der Waals surface area contributed by atoms with Crippen molar-refractivity contribution < 1.29 is 19.4 Å². The Morgan fingerprint density at radius 3 is 2.50 bits per heavy atom. The van der Waals surface area contributed by atoms with Gasteiger partial charge in [0.1, 0.15) is 5.75 Å². The van der Waals surface area contributed by atoms with Crippen LogP contribution in [0.4, 0.5) is 0 Å². The molecular formula is C26H36ClN3O4. The minimum absolute atomic E-state index is 0.296. The highest BCUT2D eigenvalue weighted by atomic mass is 35.5. The Hall–Kier alpha value is -2.16. The lowest BCUT2D eigenvalue weighted by Crippen LogP contribution is -2.55. The van der Waals surface area contributed by atoms with E-state index in [4.69, 9.17) is 21.1 Å². The molecule has 2 aromatic carbocycles. The van der Waals surface area contributed by atoms with Gasteiger partial charge >= 0.3 is 0 Å². The van der Waals surface area contributed by atoms with E-state index in [0.29, 0.717) is 23.7 Å². The van der Waals surface area contributed by atoms with E-state index in [1.54, 1.807) is 38.1 Å². The number of morpholine rings is 1. The highest BCUT2D eigenvalue weighted by Gasteiger charge is 2.33. The molecule has 1 heterocycles. The second kappa shape index (κ2) is 13.1. The van der Waals surface area contributed by atoms with E-state index in [2.05, 4.69) is 15.5 Å². The van der Waals surface area contributed by atoms with Crippen molar-refractivity contribution in [2.75, 3.05) is 45.9 Å². The first-order chi connectivity index (χ1) is 16.3. The van der Waals surface area contributed by atoms with Gasteiger partial charge in [-0.2, -0.15) is 0 Å². The number of aliphatic hydroxyl groups is 1. The van der Waals surface area contributed by atoms with Crippen molar-refractivity contribution in [3.8, 4) is 5.75 Å². The van der Waals surface area contributed by atoms with Crippen LogP contribution in [0.3, 0.4) is 0 Å². The van der Waals surface area contributed by atoms with Crippen molar-refractivity contribution in [3.05, 3.63) is 65.2 Å². The van der Waals surface area contributed by atoms with Gasteiger partial charge in [0.2, 0.25) is 0 Å². The highest BCUT2D eigenvalue weighted by molar-refractivity contribution is 6.30. The summed E-state index contributed by atoms with van der Waals surface area (Å²) < 4.78 is 11.3. The third-order valence-corrected chi connectivity index (χ3v) is 6.13. The Balaban J connectivity index is 1.58. The summed E-state index contributed by atoms with van der Waals surface area (Å²) in [5.74, 6) is 0.255. The topological polar surface area (TPSA) is 83.1 Å². The lowest BCUT2D eigenvalue weighted by Gasteiger charge is -2.31. The molecule has 186 valence electrons. The molecule has 3 N–H and O–H groups in total. The van der Waals surface area contributed by atoms with Gasteiger partial charge in [0.15, 0.2) is 5.60 Å².